The molecule has 3 heteroatoms. The monoisotopic (exact) mass is 215 g/mol. The number of H-pyrrole nitrogens is 1. The Morgan fingerprint density at radius 3 is 3.00 bits per heavy atom. The van der Waals surface area contributed by atoms with Crippen molar-refractivity contribution in [1.29, 1.82) is 0 Å². The zero-order valence-corrected chi connectivity index (χ0v) is 9.56. The number of nitrogens with one attached hydrogen (secondary N) is 1. The Morgan fingerprint density at radius 2 is 2.31 bits per heavy atom. The van der Waals surface area contributed by atoms with Crippen molar-refractivity contribution in [2.24, 2.45) is 0 Å². The molecular formula is C13H17N3. The van der Waals surface area contributed by atoms with E-state index in [1.165, 1.54) is 17.8 Å². The van der Waals surface area contributed by atoms with E-state index in [9.17, 15) is 0 Å². The summed E-state index contributed by atoms with van der Waals surface area (Å²) < 4.78 is 0. The molecule has 0 bridgehead atoms. The molecule has 1 atom stereocenters. The maximum absolute atomic E-state index is 4.32. The summed E-state index contributed by atoms with van der Waals surface area (Å²) >= 11 is 0. The number of rotatable bonds is 5. The lowest BCUT2D eigenvalue weighted by Gasteiger charge is -2.08. The van der Waals surface area contributed by atoms with Crippen LogP contribution in [0.2, 0.25) is 0 Å². The van der Waals surface area contributed by atoms with E-state index in [1.54, 1.807) is 6.33 Å². The zero-order valence-electron chi connectivity index (χ0n) is 9.56. The standard InChI is InChI=1S/C13H17N3/c1-11(13-9-14-10-16-13)5-4-7-12-6-2-3-8-15-12/h2-3,6,8-11H,4-5,7H2,1H3,(H,14,16). The van der Waals surface area contributed by atoms with Gasteiger partial charge in [0.2, 0.25) is 0 Å². The Labute approximate surface area is 96.0 Å². The number of aromatic nitrogens is 3. The number of aryl methyl sites for hydroxylation is 1. The molecule has 2 aromatic heterocycles. The second-order valence-corrected chi connectivity index (χ2v) is 4.12. The molecule has 16 heavy (non-hydrogen) atoms. The van der Waals surface area contributed by atoms with Crippen molar-refractivity contribution in [3.05, 3.63) is 48.3 Å². The highest BCUT2D eigenvalue weighted by Gasteiger charge is 2.06. The maximum Gasteiger partial charge on any atom is 0.0921 e. The van der Waals surface area contributed by atoms with Crippen LogP contribution in [-0.4, -0.2) is 15.0 Å². The lowest BCUT2D eigenvalue weighted by atomic mass is 10.0. The number of imidazole rings is 1. The molecule has 0 radical (unpaired) electrons. The van der Waals surface area contributed by atoms with Gasteiger partial charge in [-0.15, -0.1) is 0 Å². The minimum absolute atomic E-state index is 0.547. The molecule has 2 rings (SSSR count). The molecular weight excluding hydrogens is 198 g/mol. The summed E-state index contributed by atoms with van der Waals surface area (Å²) in [6, 6.07) is 6.08. The predicted octanol–water partition coefficient (Wildman–Crippen LogP) is 2.93. The van der Waals surface area contributed by atoms with Crippen molar-refractivity contribution in [3.63, 3.8) is 0 Å². The van der Waals surface area contributed by atoms with Crippen molar-refractivity contribution in [2.45, 2.75) is 32.1 Å². The van der Waals surface area contributed by atoms with Crippen molar-refractivity contribution in [2.75, 3.05) is 0 Å². The van der Waals surface area contributed by atoms with E-state index in [2.05, 4.69) is 27.9 Å². The van der Waals surface area contributed by atoms with Crippen molar-refractivity contribution in [1.82, 2.24) is 15.0 Å². The van der Waals surface area contributed by atoms with Crippen molar-refractivity contribution in [3.8, 4) is 0 Å². The van der Waals surface area contributed by atoms with Gasteiger partial charge in [-0.05, 0) is 37.3 Å². The van der Waals surface area contributed by atoms with Gasteiger partial charge in [0, 0.05) is 23.8 Å². The minimum Gasteiger partial charge on any atom is -0.348 e. The van der Waals surface area contributed by atoms with E-state index < -0.39 is 0 Å². The highest BCUT2D eigenvalue weighted by Crippen LogP contribution is 2.18. The van der Waals surface area contributed by atoms with Crippen LogP contribution >= 0.6 is 0 Å². The first kappa shape index (κ1) is 10.9. The normalized spacial score (nSPS) is 12.6. The smallest absolute Gasteiger partial charge is 0.0921 e. The second-order valence-electron chi connectivity index (χ2n) is 4.12. The predicted molar refractivity (Wildman–Crippen MR) is 64.2 cm³/mol. The minimum atomic E-state index is 0.547. The van der Waals surface area contributed by atoms with E-state index in [0.717, 1.165) is 12.8 Å². The number of pyridine rings is 1. The third-order valence-electron chi connectivity index (χ3n) is 2.85. The van der Waals surface area contributed by atoms with Gasteiger partial charge in [0.15, 0.2) is 0 Å². The van der Waals surface area contributed by atoms with Crippen LogP contribution in [0, 0.1) is 0 Å². The van der Waals surface area contributed by atoms with Gasteiger partial charge in [0.1, 0.15) is 0 Å². The molecule has 0 saturated carbocycles. The van der Waals surface area contributed by atoms with Gasteiger partial charge in [-0.2, -0.15) is 0 Å². The quantitative estimate of drug-likeness (QED) is 0.833. The van der Waals surface area contributed by atoms with Gasteiger partial charge in [-0.1, -0.05) is 13.0 Å². The van der Waals surface area contributed by atoms with E-state index in [1.807, 2.05) is 24.5 Å². The number of hydrogen-bond donors (Lipinski definition) is 1. The molecule has 1 unspecified atom stereocenters. The van der Waals surface area contributed by atoms with Gasteiger partial charge >= 0.3 is 0 Å². The van der Waals surface area contributed by atoms with Crippen LogP contribution in [0.1, 0.15) is 37.1 Å². The molecule has 0 saturated heterocycles. The molecule has 0 amide bonds. The Kier molecular flexibility index (Phi) is 3.70. The molecule has 0 aliphatic heterocycles. The Morgan fingerprint density at radius 1 is 1.38 bits per heavy atom. The summed E-state index contributed by atoms with van der Waals surface area (Å²) in [5, 5.41) is 0. The van der Waals surface area contributed by atoms with Gasteiger partial charge in [-0.25, -0.2) is 4.98 Å². The first-order valence-electron chi connectivity index (χ1n) is 5.74. The molecule has 84 valence electrons. The zero-order chi connectivity index (χ0) is 11.2. The summed E-state index contributed by atoms with van der Waals surface area (Å²) in [4.78, 5) is 11.5. The number of aromatic amines is 1. The molecule has 2 heterocycles. The topological polar surface area (TPSA) is 41.6 Å². The lowest BCUT2D eigenvalue weighted by molar-refractivity contribution is 0.617. The van der Waals surface area contributed by atoms with Crippen LogP contribution in [0.15, 0.2) is 36.9 Å². The molecule has 0 spiro atoms. The fourth-order valence-electron chi connectivity index (χ4n) is 1.83. The first-order chi connectivity index (χ1) is 7.86. The average molecular weight is 215 g/mol. The molecule has 0 aliphatic carbocycles. The number of hydrogen-bond acceptors (Lipinski definition) is 2. The lowest BCUT2D eigenvalue weighted by Crippen LogP contribution is -1.96. The van der Waals surface area contributed by atoms with Gasteiger partial charge in [-0.3, -0.25) is 4.98 Å². The summed E-state index contributed by atoms with van der Waals surface area (Å²) in [6.45, 7) is 2.23. The molecule has 0 fully saturated rings. The Balaban J connectivity index is 1.76. The first-order valence-corrected chi connectivity index (χ1v) is 5.74. The van der Waals surface area contributed by atoms with Gasteiger partial charge < -0.3 is 4.98 Å². The van der Waals surface area contributed by atoms with Gasteiger partial charge in [0.05, 0.1) is 6.33 Å². The molecule has 0 aliphatic rings. The fourth-order valence-corrected chi connectivity index (χ4v) is 1.83. The van der Waals surface area contributed by atoms with Crippen LogP contribution in [0.25, 0.3) is 0 Å². The Bertz CT molecular complexity index is 394. The third-order valence-corrected chi connectivity index (χ3v) is 2.85. The van der Waals surface area contributed by atoms with Crippen LogP contribution < -0.4 is 0 Å². The van der Waals surface area contributed by atoms with Crippen LogP contribution in [0.5, 0.6) is 0 Å². The maximum atomic E-state index is 4.32. The largest absolute Gasteiger partial charge is 0.348 e. The molecule has 1 N–H and O–H groups in total. The second kappa shape index (κ2) is 5.45. The van der Waals surface area contributed by atoms with E-state index >= 15 is 0 Å². The van der Waals surface area contributed by atoms with Gasteiger partial charge in [0.25, 0.3) is 0 Å². The van der Waals surface area contributed by atoms with E-state index in [0.29, 0.717) is 5.92 Å². The van der Waals surface area contributed by atoms with Crippen molar-refractivity contribution < 1.29 is 0 Å². The molecule has 3 nitrogen and oxygen atoms in total. The fraction of sp³-hybridized carbons (Fsp3) is 0.385. The summed E-state index contributed by atoms with van der Waals surface area (Å²) in [7, 11) is 0. The average Bonchev–Trinajstić information content (AvgIpc) is 2.84. The number of nitrogens with zero attached hydrogens (tertiary/aromatic N) is 2. The summed E-state index contributed by atoms with van der Waals surface area (Å²) in [5.74, 6) is 0.547. The summed E-state index contributed by atoms with van der Waals surface area (Å²) in [6.07, 6.45) is 8.89. The van der Waals surface area contributed by atoms with Crippen LogP contribution in [0.4, 0.5) is 0 Å². The van der Waals surface area contributed by atoms with Crippen molar-refractivity contribution >= 4 is 0 Å². The Hall–Kier alpha value is -1.64. The van der Waals surface area contributed by atoms with Crippen LogP contribution in [-0.2, 0) is 6.42 Å². The van der Waals surface area contributed by atoms with E-state index in [4.69, 9.17) is 0 Å². The van der Waals surface area contributed by atoms with Crippen LogP contribution in [0.3, 0.4) is 0 Å². The van der Waals surface area contributed by atoms with E-state index in [-0.39, 0.29) is 0 Å². The highest BCUT2D eigenvalue weighted by molar-refractivity contribution is 5.04. The third kappa shape index (κ3) is 2.92. The molecule has 2 aromatic rings. The summed E-state index contributed by atoms with van der Waals surface area (Å²) in [5.41, 5.74) is 2.40. The highest BCUT2D eigenvalue weighted by atomic mass is 14.9. The molecule has 0 aromatic carbocycles. The SMILES string of the molecule is CC(CCCc1ccccn1)c1cnc[nH]1.